The van der Waals surface area contributed by atoms with Gasteiger partial charge in [0.1, 0.15) is 0 Å². The lowest BCUT2D eigenvalue weighted by molar-refractivity contribution is -0.249. The third-order valence-corrected chi connectivity index (χ3v) is 1.47. The highest BCUT2D eigenvalue weighted by atomic mass is 35.5. The molecule has 0 radical (unpaired) electrons. The average molecular weight is 183 g/mol. The molecule has 0 aliphatic rings. The Balaban J connectivity index is 4.14. The Morgan fingerprint density at radius 3 is 1.67 bits per heavy atom. The normalized spacial score (nSPS) is 19.3. The number of rotatable bonds is 2. The van der Waals surface area contributed by atoms with Crippen molar-refractivity contribution >= 4 is 23.2 Å². The van der Waals surface area contributed by atoms with Gasteiger partial charge in [0.25, 0.3) is 5.13 Å². The molecule has 1 N–H and O–H groups in total. The fourth-order valence-corrected chi connectivity index (χ4v) is 0.241. The summed E-state index contributed by atoms with van der Waals surface area (Å²) < 4.78 is 34.9. The molecule has 6 heteroatoms. The molecule has 0 amide bonds. The van der Waals surface area contributed by atoms with Gasteiger partial charge in [0.05, 0.1) is 5.88 Å². The van der Waals surface area contributed by atoms with Crippen molar-refractivity contribution in [2.45, 2.75) is 11.2 Å². The van der Waals surface area contributed by atoms with Crippen LogP contribution in [-0.4, -0.2) is 22.2 Å². The van der Waals surface area contributed by atoms with Gasteiger partial charge in [0.15, 0.2) is 0 Å². The van der Waals surface area contributed by atoms with Gasteiger partial charge in [0, 0.05) is 0 Å². The largest absolute Gasteiger partial charge is 0.402 e. The minimum atomic E-state index is -4.59. The maximum absolute atomic E-state index is 12.0. The van der Waals surface area contributed by atoms with Crippen LogP contribution in [0.2, 0.25) is 0 Å². The molecule has 0 spiro atoms. The van der Waals surface area contributed by atoms with Crippen molar-refractivity contribution in [3.05, 3.63) is 0 Å². The van der Waals surface area contributed by atoms with E-state index in [0.29, 0.717) is 0 Å². The Kier molecular flexibility index (Phi) is 2.61. The van der Waals surface area contributed by atoms with Gasteiger partial charge in [-0.2, -0.15) is 8.78 Å². The lowest BCUT2D eigenvalue weighted by atomic mass is 10.4. The molecule has 0 aromatic heterocycles. The molecule has 0 aliphatic carbocycles. The standard InChI is InChI=1S/C3H3Cl2F3O/c4-1-2(5,6)3(7,8)9/h9H,1H2. The molecular formula is C3H3Cl2F3O. The fraction of sp³-hybridized carbons (Fsp3) is 1.00. The summed E-state index contributed by atoms with van der Waals surface area (Å²) in [4.78, 5) is 0. The topological polar surface area (TPSA) is 20.2 Å². The molecule has 9 heavy (non-hydrogen) atoms. The van der Waals surface area contributed by atoms with Gasteiger partial charge in [0.2, 0.25) is 0 Å². The van der Waals surface area contributed by atoms with Crippen LogP contribution in [-0.2, 0) is 0 Å². The molecule has 0 aromatic carbocycles. The molecule has 0 aromatic rings. The van der Waals surface area contributed by atoms with Crippen molar-refractivity contribution in [1.82, 2.24) is 0 Å². The Morgan fingerprint density at radius 1 is 1.33 bits per heavy atom. The van der Waals surface area contributed by atoms with E-state index in [1.54, 1.807) is 0 Å². The second kappa shape index (κ2) is 2.52. The first-order valence-corrected chi connectivity index (χ1v) is 2.76. The minimum Gasteiger partial charge on any atom is -0.333 e. The zero-order valence-electron chi connectivity index (χ0n) is 4.04. The Morgan fingerprint density at radius 2 is 1.67 bits per heavy atom. The van der Waals surface area contributed by atoms with E-state index in [4.69, 9.17) is 5.11 Å². The second-order valence-corrected chi connectivity index (χ2v) is 2.25. The predicted molar refractivity (Wildman–Crippen MR) is 27.6 cm³/mol. The molecule has 1 unspecified atom stereocenters. The fourth-order valence-electron chi connectivity index (χ4n) is 0.0804. The highest BCUT2D eigenvalue weighted by Gasteiger charge is 2.52. The van der Waals surface area contributed by atoms with Gasteiger partial charge >= 0.3 is 6.11 Å². The van der Waals surface area contributed by atoms with E-state index >= 15 is 0 Å². The van der Waals surface area contributed by atoms with Gasteiger partial charge in [-0.05, 0) is 0 Å². The van der Waals surface area contributed by atoms with Crippen LogP contribution in [0.1, 0.15) is 0 Å². The SMILES string of the molecule is OC(F)(F)C(F)(Cl)CCl. The first-order chi connectivity index (χ1) is 3.81. The summed E-state index contributed by atoms with van der Waals surface area (Å²) >= 11 is 9.03. The van der Waals surface area contributed by atoms with Crippen LogP contribution in [0.25, 0.3) is 0 Å². The minimum absolute atomic E-state index is 1.17. The van der Waals surface area contributed by atoms with Gasteiger partial charge in [-0.25, -0.2) is 4.39 Å². The smallest absolute Gasteiger partial charge is 0.333 e. The van der Waals surface area contributed by atoms with Crippen LogP contribution < -0.4 is 0 Å². The van der Waals surface area contributed by atoms with Crippen molar-refractivity contribution < 1.29 is 18.3 Å². The summed E-state index contributed by atoms with van der Waals surface area (Å²) in [5.41, 5.74) is 0. The van der Waals surface area contributed by atoms with Crippen molar-refractivity contribution in [2.75, 3.05) is 5.88 Å². The summed E-state index contributed by atoms with van der Waals surface area (Å²) in [6, 6.07) is 0. The van der Waals surface area contributed by atoms with E-state index in [-0.39, 0.29) is 0 Å². The van der Waals surface area contributed by atoms with E-state index in [2.05, 4.69) is 23.2 Å². The van der Waals surface area contributed by atoms with Gasteiger partial charge in [-0.1, -0.05) is 11.6 Å². The lowest BCUT2D eigenvalue weighted by Crippen LogP contribution is -2.40. The quantitative estimate of drug-likeness (QED) is 0.646. The summed E-state index contributed by atoms with van der Waals surface area (Å²) in [5, 5.41) is 4.06. The number of aliphatic hydroxyl groups is 1. The molecule has 1 nitrogen and oxygen atoms in total. The van der Waals surface area contributed by atoms with E-state index in [1.807, 2.05) is 0 Å². The van der Waals surface area contributed by atoms with Crippen molar-refractivity contribution in [3.8, 4) is 0 Å². The molecule has 0 aliphatic heterocycles. The maximum Gasteiger partial charge on any atom is 0.402 e. The summed E-state index contributed by atoms with van der Waals surface area (Å²) in [5.74, 6) is -1.17. The molecule has 0 saturated carbocycles. The molecule has 1 atom stereocenters. The number of halogens is 5. The monoisotopic (exact) mass is 182 g/mol. The predicted octanol–water partition coefficient (Wildman–Crippen LogP) is 1.71. The van der Waals surface area contributed by atoms with Gasteiger partial charge < -0.3 is 5.11 Å². The highest BCUT2D eigenvalue weighted by molar-refractivity contribution is 6.30. The van der Waals surface area contributed by atoms with E-state index < -0.39 is 17.1 Å². The summed E-state index contributed by atoms with van der Waals surface area (Å²) in [6.07, 6.45) is -4.59. The number of alkyl halides is 5. The van der Waals surface area contributed by atoms with Crippen LogP contribution >= 0.6 is 23.2 Å². The van der Waals surface area contributed by atoms with E-state index in [9.17, 15) is 13.2 Å². The van der Waals surface area contributed by atoms with E-state index in [0.717, 1.165) is 0 Å². The zero-order chi connectivity index (χ0) is 7.71. The van der Waals surface area contributed by atoms with Crippen LogP contribution in [0, 0.1) is 0 Å². The lowest BCUT2D eigenvalue weighted by Gasteiger charge is -2.19. The zero-order valence-corrected chi connectivity index (χ0v) is 5.56. The number of hydrogen-bond donors (Lipinski definition) is 1. The first-order valence-electron chi connectivity index (χ1n) is 1.85. The van der Waals surface area contributed by atoms with Crippen LogP contribution in [0.15, 0.2) is 0 Å². The maximum atomic E-state index is 12.0. The van der Waals surface area contributed by atoms with Crippen molar-refractivity contribution in [2.24, 2.45) is 0 Å². The molecule has 0 saturated heterocycles. The summed E-state index contributed by atoms with van der Waals surface area (Å²) in [7, 11) is 0. The molecule has 0 bridgehead atoms. The summed E-state index contributed by atoms with van der Waals surface area (Å²) in [6.45, 7) is 0. The molecule has 56 valence electrons. The first kappa shape index (κ1) is 9.33. The highest BCUT2D eigenvalue weighted by Crippen LogP contribution is 2.34. The molecule has 0 rings (SSSR count). The van der Waals surface area contributed by atoms with Crippen LogP contribution in [0.4, 0.5) is 13.2 Å². The van der Waals surface area contributed by atoms with Gasteiger partial charge in [-0.3, -0.25) is 0 Å². The third kappa shape index (κ3) is 2.20. The van der Waals surface area contributed by atoms with Crippen LogP contribution in [0.5, 0.6) is 0 Å². The third-order valence-electron chi connectivity index (χ3n) is 0.608. The Bertz CT molecular complexity index is 99.7. The van der Waals surface area contributed by atoms with Crippen molar-refractivity contribution in [3.63, 3.8) is 0 Å². The second-order valence-electron chi connectivity index (χ2n) is 1.38. The Labute approximate surface area is 59.4 Å². The van der Waals surface area contributed by atoms with Crippen molar-refractivity contribution in [1.29, 1.82) is 0 Å². The van der Waals surface area contributed by atoms with E-state index in [1.165, 1.54) is 0 Å². The average Bonchev–Trinajstić information content (AvgIpc) is 1.64. The molecule has 0 fully saturated rings. The molecular weight excluding hydrogens is 180 g/mol. The van der Waals surface area contributed by atoms with Gasteiger partial charge in [-0.15, -0.1) is 11.6 Å². The van der Waals surface area contributed by atoms with Crippen LogP contribution in [0.3, 0.4) is 0 Å². The Hall–Kier alpha value is 0.330. The number of hydrogen-bond acceptors (Lipinski definition) is 1. The molecule has 0 heterocycles.